The van der Waals surface area contributed by atoms with Crippen molar-refractivity contribution in [2.45, 2.75) is 40.5 Å². The highest BCUT2D eigenvalue weighted by molar-refractivity contribution is 5.80. The lowest BCUT2D eigenvalue weighted by Crippen LogP contribution is -2.35. The van der Waals surface area contributed by atoms with Crippen LogP contribution in [0.3, 0.4) is 0 Å². The number of aryl methyl sites for hydroxylation is 2. The Bertz CT molecular complexity index is 474. The molecule has 3 nitrogen and oxygen atoms in total. The van der Waals surface area contributed by atoms with Crippen molar-refractivity contribution in [3.05, 3.63) is 33.9 Å². The highest BCUT2D eigenvalue weighted by Crippen LogP contribution is 2.22. The lowest BCUT2D eigenvalue weighted by Gasteiger charge is -2.22. The summed E-state index contributed by atoms with van der Waals surface area (Å²) in [7, 11) is 0. The summed E-state index contributed by atoms with van der Waals surface area (Å²) in [5, 5.41) is 3.34. The summed E-state index contributed by atoms with van der Waals surface area (Å²) in [6.45, 7) is 12.2. The van der Waals surface area contributed by atoms with Crippen LogP contribution in [-0.4, -0.2) is 37.0 Å². The fourth-order valence-corrected chi connectivity index (χ4v) is 2.92. The normalized spacial score (nSPS) is 16.1. The van der Waals surface area contributed by atoms with Crippen LogP contribution in [-0.2, 0) is 11.2 Å². The van der Waals surface area contributed by atoms with Gasteiger partial charge in [-0.2, -0.15) is 0 Å². The second-order valence-corrected chi connectivity index (χ2v) is 5.90. The predicted molar refractivity (Wildman–Crippen MR) is 83.2 cm³/mol. The Morgan fingerprint density at radius 3 is 2.40 bits per heavy atom. The van der Waals surface area contributed by atoms with Gasteiger partial charge < -0.3 is 10.2 Å². The van der Waals surface area contributed by atoms with Crippen LogP contribution < -0.4 is 5.32 Å². The number of amides is 1. The molecule has 0 atom stereocenters. The van der Waals surface area contributed by atoms with Crippen LogP contribution in [0.25, 0.3) is 0 Å². The van der Waals surface area contributed by atoms with Crippen LogP contribution in [0.5, 0.6) is 0 Å². The number of hydrogen-bond donors (Lipinski definition) is 1. The topological polar surface area (TPSA) is 32.3 Å². The molecule has 0 spiro atoms. The van der Waals surface area contributed by atoms with Gasteiger partial charge in [-0.25, -0.2) is 0 Å². The molecule has 110 valence electrons. The number of carbonyl (C=O) groups is 1. The first kappa shape index (κ1) is 15.0. The Hall–Kier alpha value is -1.35. The smallest absolute Gasteiger partial charge is 0.227 e. The Kier molecular flexibility index (Phi) is 4.81. The van der Waals surface area contributed by atoms with Gasteiger partial charge in [0.05, 0.1) is 6.42 Å². The van der Waals surface area contributed by atoms with Crippen molar-refractivity contribution >= 4 is 5.91 Å². The fourth-order valence-electron chi connectivity index (χ4n) is 2.92. The van der Waals surface area contributed by atoms with Crippen molar-refractivity contribution in [2.24, 2.45) is 0 Å². The van der Waals surface area contributed by atoms with Crippen molar-refractivity contribution in [3.8, 4) is 0 Å². The minimum absolute atomic E-state index is 0.268. The molecule has 1 aliphatic heterocycles. The van der Waals surface area contributed by atoms with Crippen LogP contribution in [0.1, 0.15) is 34.2 Å². The van der Waals surface area contributed by atoms with Gasteiger partial charge in [0.2, 0.25) is 5.91 Å². The molecular weight excluding hydrogens is 248 g/mol. The van der Waals surface area contributed by atoms with Crippen LogP contribution in [0.4, 0.5) is 0 Å². The second kappa shape index (κ2) is 6.40. The molecule has 0 radical (unpaired) electrons. The Labute approximate surface area is 122 Å². The fraction of sp³-hybridized carbons (Fsp3) is 0.588. The predicted octanol–water partition coefficient (Wildman–Crippen LogP) is 2.28. The van der Waals surface area contributed by atoms with Gasteiger partial charge in [0.1, 0.15) is 0 Å². The van der Waals surface area contributed by atoms with Gasteiger partial charge in [0, 0.05) is 19.6 Å². The quantitative estimate of drug-likeness (QED) is 0.897. The number of nitrogens with one attached hydrogen (secondary N) is 1. The van der Waals surface area contributed by atoms with E-state index in [9.17, 15) is 4.79 Å². The van der Waals surface area contributed by atoms with E-state index in [1.54, 1.807) is 0 Å². The number of rotatable bonds is 2. The SMILES string of the molecule is Cc1cc(C)c(C)c(CC(=O)N2CCCNCC2)c1C. The van der Waals surface area contributed by atoms with E-state index in [1.165, 1.54) is 27.8 Å². The van der Waals surface area contributed by atoms with Gasteiger partial charge in [0.25, 0.3) is 0 Å². The van der Waals surface area contributed by atoms with E-state index < -0.39 is 0 Å². The van der Waals surface area contributed by atoms with Crippen molar-refractivity contribution in [1.82, 2.24) is 10.2 Å². The minimum atomic E-state index is 0.268. The van der Waals surface area contributed by atoms with E-state index in [0.29, 0.717) is 6.42 Å². The molecule has 0 aromatic heterocycles. The summed E-state index contributed by atoms with van der Waals surface area (Å²) in [5.41, 5.74) is 6.34. The molecule has 1 aliphatic rings. The zero-order chi connectivity index (χ0) is 14.7. The molecule has 0 unspecified atom stereocenters. The number of carbonyl (C=O) groups excluding carboxylic acids is 1. The van der Waals surface area contributed by atoms with Gasteiger partial charge in [-0.3, -0.25) is 4.79 Å². The summed E-state index contributed by atoms with van der Waals surface area (Å²) in [5.74, 6) is 0.268. The van der Waals surface area contributed by atoms with Crippen LogP contribution in [0.2, 0.25) is 0 Å². The van der Waals surface area contributed by atoms with Gasteiger partial charge in [-0.15, -0.1) is 0 Å². The Morgan fingerprint density at radius 1 is 1.10 bits per heavy atom. The molecule has 2 rings (SSSR count). The van der Waals surface area contributed by atoms with Gasteiger partial charge in [-0.05, 0) is 68.5 Å². The van der Waals surface area contributed by atoms with Gasteiger partial charge >= 0.3 is 0 Å². The standard InChI is InChI=1S/C17H26N2O/c1-12-10-13(2)15(4)16(14(12)3)11-17(20)19-8-5-6-18-7-9-19/h10,18H,5-9,11H2,1-4H3. The zero-order valence-electron chi connectivity index (χ0n) is 13.2. The molecule has 1 aromatic rings. The first-order chi connectivity index (χ1) is 9.50. The molecule has 1 aromatic carbocycles. The largest absolute Gasteiger partial charge is 0.341 e. The molecule has 1 saturated heterocycles. The van der Waals surface area contributed by atoms with E-state index in [2.05, 4.69) is 39.1 Å². The zero-order valence-corrected chi connectivity index (χ0v) is 13.2. The summed E-state index contributed by atoms with van der Waals surface area (Å²) in [6, 6.07) is 2.22. The van der Waals surface area contributed by atoms with Crippen LogP contribution in [0.15, 0.2) is 6.07 Å². The number of hydrogen-bond acceptors (Lipinski definition) is 2. The van der Waals surface area contributed by atoms with Crippen molar-refractivity contribution in [3.63, 3.8) is 0 Å². The van der Waals surface area contributed by atoms with Crippen molar-refractivity contribution < 1.29 is 4.79 Å². The molecule has 0 saturated carbocycles. The average molecular weight is 274 g/mol. The molecule has 3 heteroatoms. The van der Waals surface area contributed by atoms with Crippen molar-refractivity contribution in [2.75, 3.05) is 26.2 Å². The van der Waals surface area contributed by atoms with Crippen LogP contribution in [0, 0.1) is 27.7 Å². The van der Waals surface area contributed by atoms with E-state index in [4.69, 9.17) is 0 Å². The Morgan fingerprint density at radius 2 is 1.75 bits per heavy atom. The second-order valence-electron chi connectivity index (χ2n) is 5.90. The summed E-state index contributed by atoms with van der Waals surface area (Å²) in [4.78, 5) is 14.6. The summed E-state index contributed by atoms with van der Waals surface area (Å²) < 4.78 is 0. The third-order valence-electron chi connectivity index (χ3n) is 4.54. The van der Waals surface area contributed by atoms with Crippen LogP contribution >= 0.6 is 0 Å². The molecular formula is C17H26N2O. The molecule has 20 heavy (non-hydrogen) atoms. The van der Waals surface area contributed by atoms with E-state index >= 15 is 0 Å². The molecule has 0 aliphatic carbocycles. The van der Waals surface area contributed by atoms with Gasteiger partial charge in [0.15, 0.2) is 0 Å². The maximum Gasteiger partial charge on any atom is 0.227 e. The highest BCUT2D eigenvalue weighted by atomic mass is 16.2. The Balaban J connectivity index is 2.19. The van der Waals surface area contributed by atoms with Gasteiger partial charge in [-0.1, -0.05) is 6.07 Å². The highest BCUT2D eigenvalue weighted by Gasteiger charge is 2.18. The summed E-state index contributed by atoms with van der Waals surface area (Å²) in [6.07, 6.45) is 1.59. The lowest BCUT2D eigenvalue weighted by atomic mass is 9.92. The third kappa shape index (κ3) is 3.21. The number of benzene rings is 1. The maximum atomic E-state index is 12.5. The first-order valence-electron chi connectivity index (χ1n) is 7.55. The molecule has 1 N–H and O–H groups in total. The molecule has 1 fully saturated rings. The van der Waals surface area contributed by atoms with E-state index in [-0.39, 0.29) is 5.91 Å². The summed E-state index contributed by atoms with van der Waals surface area (Å²) >= 11 is 0. The maximum absolute atomic E-state index is 12.5. The van der Waals surface area contributed by atoms with E-state index in [0.717, 1.165) is 32.6 Å². The minimum Gasteiger partial charge on any atom is -0.341 e. The molecule has 1 amide bonds. The lowest BCUT2D eigenvalue weighted by molar-refractivity contribution is -0.130. The van der Waals surface area contributed by atoms with Crippen molar-refractivity contribution in [1.29, 1.82) is 0 Å². The molecule has 0 bridgehead atoms. The number of nitrogens with zero attached hydrogens (tertiary/aromatic N) is 1. The average Bonchev–Trinajstić information content (AvgIpc) is 2.70. The first-order valence-corrected chi connectivity index (χ1v) is 7.55. The van der Waals surface area contributed by atoms with E-state index in [1.807, 2.05) is 4.90 Å². The molecule has 1 heterocycles. The third-order valence-corrected chi connectivity index (χ3v) is 4.54. The monoisotopic (exact) mass is 274 g/mol.